The van der Waals surface area contributed by atoms with E-state index in [-0.39, 0.29) is 12.1 Å². The average Bonchev–Trinajstić information content (AvgIpc) is 3.34. The summed E-state index contributed by atoms with van der Waals surface area (Å²) in [6.07, 6.45) is 1.82. The molecule has 1 N–H and O–H groups in total. The first-order valence-corrected chi connectivity index (χ1v) is 11.9. The van der Waals surface area contributed by atoms with Crippen molar-refractivity contribution in [2.24, 2.45) is 0 Å². The quantitative estimate of drug-likeness (QED) is 0.332. The molecule has 0 unspecified atom stereocenters. The maximum Gasteiger partial charge on any atom is 0.174 e. The Morgan fingerprint density at radius 2 is 1.79 bits per heavy atom. The molecule has 0 aliphatic carbocycles. The first-order valence-electron chi connectivity index (χ1n) is 11.1. The van der Waals surface area contributed by atoms with Gasteiger partial charge in [-0.1, -0.05) is 35.9 Å². The first-order chi connectivity index (χ1) is 16.5. The van der Waals surface area contributed by atoms with Crippen LogP contribution in [0, 0.1) is 13.8 Å². The van der Waals surface area contributed by atoms with E-state index in [9.17, 15) is 0 Å². The van der Waals surface area contributed by atoms with Crippen LogP contribution in [0.2, 0.25) is 5.02 Å². The lowest BCUT2D eigenvalue weighted by Gasteiger charge is -2.29. The largest absolute Gasteiger partial charge is 0.495 e. The van der Waals surface area contributed by atoms with Crippen molar-refractivity contribution in [1.82, 2.24) is 14.9 Å². The Hall–Kier alpha value is -3.35. The number of hydrogen-bond donors (Lipinski definition) is 1. The maximum atomic E-state index is 6.32. The third-order valence-electron chi connectivity index (χ3n) is 6.30. The highest BCUT2D eigenvalue weighted by atomic mass is 35.5. The fourth-order valence-corrected chi connectivity index (χ4v) is 5.38. The summed E-state index contributed by atoms with van der Waals surface area (Å²) in [5.41, 5.74) is 6.27. The molecule has 2 aromatic heterocycles. The lowest BCUT2D eigenvalue weighted by atomic mass is 9.96. The second kappa shape index (κ2) is 9.12. The normalized spacial score (nSPS) is 17.6. The number of aryl methyl sites for hydroxylation is 1. The van der Waals surface area contributed by atoms with Crippen LogP contribution in [0.3, 0.4) is 0 Å². The second-order valence-corrected chi connectivity index (χ2v) is 9.13. The van der Waals surface area contributed by atoms with Crippen molar-refractivity contribution in [3.63, 3.8) is 0 Å². The molecule has 5 rings (SSSR count). The SMILES string of the molecule is COc1ccccc1N1C(=S)N[C@H](c2ccccn2)[C@H]1c1cc(C)n(-c2cccc(Cl)c2)c1C. The van der Waals surface area contributed by atoms with Crippen molar-refractivity contribution in [3.05, 3.63) is 107 Å². The number of halogens is 1. The summed E-state index contributed by atoms with van der Waals surface area (Å²) in [6, 6.07) is 23.8. The molecule has 1 saturated heterocycles. The predicted octanol–water partition coefficient (Wildman–Crippen LogP) is 6.33. The van der Waals surface area contributed by atoms with E-state index in [0.717, 1.165) is 39.8 Å². The van der Waals surface area contributed by atoms with E-state index >= 15 is 0 Å². The molecular formula is C27H25ClN4OS. The molecule has 0 bridgehead atoms. The van der Waals surface area contributed by atoms with E-state index in [1.165, 1.54) is 0 Å². The summed E-state index contributed by atoms with van der Waals surface area (Å²) in [4.78, 5) is 6.82. The van der Waals surface area contributed by atoms with Crippen LogP contribution in [-0.2, 0) is 0 Å². The van der Waals surface area contributed by atoms with Gasteiger partial charge in [-0.15, -0.1) is 0 Å². The molecule has 0 radical (unpaired) electrons. The second-order valence-electron chi connectivity index (χ2n) is 8.31. The van der Waals surface area contributed by atoms with Gasteiger partial charge in [-0.05, 0) is 80.2 Å². The van der Waals surface area contributed by atoms with Gasteiger partial charge >= 0.3 is 0 Å². The number of nitrogens with zero attached hydrogens (tertiary/aromatic N) is 3. The third-order valence-corrected chi connectivity index (χ3v) is 6.85. The van der Waals surface area contributed by atoms with E-state index in [4.69, 9.17) is 28.6 Å². The Morgan fingerprint density at radius 3 is 2.53 bits per heavy atom. The number of nitrogens with one attached hydrogen (secondary N) is 1. The number of hydrogen-bond acceptors (Lipinski definition) is 3. The van der Waals surface area contributed by atoms with Gasteiger partial charge in [0.15, 0.2) is 5.11 Å². The van der Waals surface area contributed by atoms with Gasteiger partial charge < -0.3 is 19.5 Å². The van der Waals surface area contributed by atoms with Gasteiger partial charge in [0, 0.05) is 28.3 Å². The summed E-state index contributed by atoms with van der Waals surface area (Å²) in [5, 5.41) is 4.87. The number of methoxy groups -OCH3 is 1. The minimum absolute atomic E-state index is 0.127. The molecule has 7 heteroatoms. The number of para-hydroxylation sites is 2. The molecular weight excluding hydrogens is 464 g/mol. The van der Waals surface area contributed by atoms with Crippen molar-refractivity contribution >= 4 is 34.6 Å². The minimum atomic E-state index is -0.132. The van der Waals surface area contributed by atoms with Gasteiger partial charge in [-0.3, -0.25) is 4.98 Å². The van der Waals surface area contributed by atoms with Crippen molar-refractivity contribution in [2.75, 3.05) is 12.0 Å². The molecule has 3 heterocycles. The Labute approximate surface area is 210 Å². The summed E-state index contributed by atoms with van der Waals surface area (Å²) < 4.78 is 7.94. The van der Waals surface area contributed by atoms with E-state index < -0.39 is 0 Å². The Morgan fingerprint density at radius 1 is 1.00 bits per heavy atom. The molecule has 0 saturated carbocycles. The van der Waals surface area contributed by atoms with E-state index in [1.807, 2.05) is 66.9 Å². The van der Waals surface area contributed by atoms with Crippen molar-refractivity contribution in [1.29, 1.82) is 0 Å². The highest BCUT2D eigenvalue weighted by Crippen LogP contribution is 2.46. The number of anilines is 1. The fraction of sp³-hybridized carbons (Fsp3) is 0.185. The zero-order valence-electron chi connectivity index (χ0n) is 19.2. The summed E-state index contributed by atoms with van der Waals surface area (Å²) in [6.45, 7) is 4.25. The Kier molecular flexibility index (Phi) is 6.02. The third kappa shape index (κ3) is 3.83. The zero-order valence-corrected chi connectivity index (χ0v) is 20.8. The highest BCUT2D eigenvalue weighted by Gasteiger charge is 2.43. The van der Waals surface area contributed by atoms with Gasteiger partial charge in [0.05, 0.1) is 30.6 Å². The van der Waals surface area contributed by atoms with Gasteiger partial charge in [-0.25, -0.2) is 0 Å². The van der Waals surface area contributed by atoms with E-state index in [2.05, 4.69) is 45.7 Å². The maximum absolute atomic E-state index is 6.32. The standard InChI is InChI=1S/C27H25ClN4OS/c1-17-15-21(18(2)31(17)20-10-8-9-19(28)16-20)26-25(22-11-6-7-14-29-22)30-27(34)32(26)23-12-4-5-13-24(23)33-3/h4-16,25-26H,1-3H3,(H,30,34)/t25-,26-/m1/s1. The first kappa shape index (κ1) is 22.4. The van der Waals surface area contributed by atoms with Crippen LogP contribution in [0.25, 0.3) is 5.69 Å². The van der Waals surface area contributed by atoms with Gasteiger partial charge in [0.1, 0.15) is 5.75 Å². The lowest BCUT2D eigenvalue weighted by Crippen LogP contribution is -2.30. The average molecular weight is 489 g/mol. The van der Waals surface area contributed by atoms with Crippen LogP contribution in [0.4, 0.5) is 5.69 Å². The summed E-state index contributed by atoms with van der Waals surface area (Å²) >= 11 is 12.2. The van der Waals surface area contributed by atoms with E-state index in [1.54, 1.807) is 7.11 Å². The molecule has 1 fully saturated rings. The predicted molar refractivity (Wildman–Crippen MR) is 141 cm³/mol. The molecule has 2 aromatic carbocycles. The van der Waals surface area contributed by atoms with Gasteiger partial charge in [-0.2, -0.15) is 0 Å². The monoisotopic (exact) mass is 488 g/mol. The molecule has 1 aliphatic rings. The van der Waals surface area contributed by atoms with Crippen LogP contribution in [0.1, 0.15) is 34.7 Å². The number of thiocarbonyl (C=S) groups is 1. The highest BCUT2D eigenvalue weighted by molar-refractivity contribution is 7.80. The number of rotatable bonds is 5. The van der Waals surface area contributed by atoms with E-state index in [0.29, 0.717) is 10.1 Å². The Balaban J connectivity index is 1.71. The number of pyridine rings is 1. The van der Waals surface area contributed by atoms with Crippen molar-refractivity contribution in [2.45, 2.75) is 25.9 Å². The molecule has 1 aliphatic heterocycles. The molecule has 5 nitrogen and oxygen atoms in total. The van der Waals surface area contributed by atoms with Crippen LogP contribution in [0.5, 0.6) is 5.75 Å². The van der Waals surface area contributed by atoms with Gasteiger partial charge in [0.2, 0.25) is 0 Å². The smallest absolute Gasteiger partial charge is 0.174 e. The summed E-state index contributed by atoms with van der Waals surface area (Å²) in [5.74, 6) is 0.766. The van der Waals surface area contributed by atoms with Crippen LogP contribution >= 0.6 is 23.8 Å². The van der Waals surface area contributed by atoms with Crippen LogP contribution in [-0.4, -0.2) is 21.8 Å². The van der Waals surface area contributed by atoms with Crippen LogP contribution in [0.15, 0.2) is 79.0 Å². The molecule has 2 atom stereocenters. The zero-order chi connectivity index (χ0) is 23.8. The lowest BCUT2D eigenvalue weighted by molar-refractivity contribution is 0.414. The summed E-state index contributed by atoms with van der Waals surface area (Å²) in [7, 11) is 1.68. The molecule has 172 valence electrons. The Bertz CT molecular complexity index is 1350. The number of aromatic nitrogens is 2. The van der Waals surface area contributed by atoms with Gasteiger partial charge in [0.25, 0.3) is 0 Å². The molecule has 34 heavy (non-hydrogen) atoms. The van der Waals surface area contributed by atoms with Crippen molar-refractivity contribution in [3.8, 4) is 11.4 Å². The van der Waals surface area contributed by atoms with Crippen molar-refractivity contribution < 1.29 is 4.74 Å². The van der Waals surface area contributed by atoms with Crippen LogP contribution < -0.4 is 15.0 Å². The number of ether oxygens (including phenoxy) is 1. The number of benzene rings is 2. The molecule has 0 spiro atoms. The topological polar surface area (TPSA) is 42.3 Å². The fourth-order valence-electron chi connectivity index (χ4n) is 4.86. The molecule has 4 aromatic rings. The minimum Gasteiger partial charge on any atom is -0.495 e. The molecule has 0 amide bonds.